The Morgan fingerprint density at radius 3 is 2.62 bits per heavy atom. The Bertz CT molecular complexity index is 710. The van der Waals surface area contributed by atoms with Gasteiger partial charge in [0.2, 0.25) is 0 Å². The summed E-state index contributed by atoms with van der Waals surface area (Å²) in [5.41, 5.74) is 0.939. The fourth-order valence-electron chi connectivity index (χ4n) is 3.68. The first kappa shape index (κ1) is 16.6. The predicted octanol–water partition coefficient (Wildman–Crippen LogP) is 2.62. The zero-order chi connectivity index (χ0) is 17.3. The lowest BCUT2D eigenvalue weighted by Gasteiger charge is -2.36. The van der Waals surface area contributed by atoms with E-state index in [0.29, 0.717) is 19.9 Å². The Labute approximate surface area is 147 Å². The Morgan fingerprint density at radius 1 is 1.21 bits per heavy atom. The molecule has 24 heavy (non-hydrogen) atoms. The van der Waals surface area contributed by atoms with Crippen LogP contribution in [0.4, 0.5) is 23.2 Å². The quantitative estimate of drug-likeness (QED) is 0.677. The van der Waals surface area contributed by atoms with Crippen LogP contribution in [0.1, 0.15) is 21.7 Å². The minimum atomic E-state index is -2.92. The number of halogens is 5. The van der Waals surface area contributed by atoms with Crippen LogP contribution in [0.25, 0.3) is 0 Å². The van der Waals surface area contributed by atoms with Gasteiger partial charge in [-0.15, -0.1) is 11.3 Å². The van der Waals surface area contributed by atoms with E-state index in [4.69, 9.17) is 0 Å². The summed E-state index contributed by atoms with van der Waals surface area (Å²) in [4.78, 5) is 14.3. The molecule has 4 rings (SSSR count). The molecule has 0 radical (unpaired) electrons. The molecule has 3 aliphatic heterocycles. The number of carbonyl (C=O) groups excluding carboxylic acids is 1. The van der Waals surface area contributed by atoms with Crippen molar-refractivity contribution < 1.29 is 22.4 Å². The first-order valence-corrected chi connectivity index (χ1v) is 9.12. The highest BCUT2D eigenvalue weighted by Crippen LogP contribution is 2.47. The van der Waals surface area contributed by atoms with Crippen LogP contribution in [0, 0.1) is 0 Å². The van der Waals surface area contributed by atoms with Gasteiger partial charge < -0.3 is 15.5 Å². The molecule has 2 atom stereocenters. The van der Waals surface area contributed by atoms with Crippen molar-refractivity contribution in [3.63, 3.8) is 0 Å². The molecular weight excluding hydrogens is 414 g/mol. The van der Waals surface area contributed by atoms with Crippen molar-refractivity contribution in [2.75, 3.05) is 24.5 Å². The molecule has 1 amide bonds. The molecule has 1 aromatic rings. The van der Waals surface area contributed by atoms with Crippen molar-refractivity contribution in [3.05, 3.63) is 14.2 Å². The zero-order valence-electron chi connectivity index (χ0n) is 12.3. The summed E-state index contributed by atoms with van der Waals surface area (Å²) in [6, 6.07) is -1.29. The highest BCUT2D eigenvalue weighted by Gasteiger charge is 2.48. The summed E-state index contributed by atoms with van der Waals surface area (Å²) in [7, 11) is 0. The fraction of sp³-hybridized carbons (Fsp3) is 0.643. The lowest BCUT2D eigenvalue weighted by molar-refractivity contribution is 0.00449. The SMILES string of the molecule is O=C1N[C@H]([C@@H]2CC(F)(F)CN2)CN2CC(F)(F)Cc3c(Br)sc1c32. The molecule has 0 bridgehead atoms. The Balaban J connectivity index is 1.69. The number of hydrogen-bond donors (Lipinski definition) is 2. The maximum atomic E-state index is 14.1. The maximum Gasteiger partial charge on any atom is 0.269 e. The van der Waals surface area contributed by atoms with E-state index in [2.05, 4.69) is 26.6 Å². The number of alkyl halides is 4. The average Bonchev–Trinajstić information content (AvgIpc) is 2.93. The van der Waals surface area contributed by atoms with Crippen LogP contribution in [-0.2, 0) is 6.42 Å². The standard InChI is InChI=1S/C14H14BrF4N3OS/c15-11-6-1-14(18,19)5-22-3-8(7-2-13(16,17)4-20-7)21-12(23)10(24-11)9(6)22/h7-8,20H,1-5H2,(H,21,23)/t7-,8-/m0/s1. The highest BCUT2D eigenvalue weighted by atomic mass is 79.9. The second-order valence-corrected chi connectivity index (χ2v) is 8.91. The van der Waals surface area contributed by atoms with Gasteiger partial charge in [0.25, 0.3) is 17.8 Å². The number of rotatable bonds is 1. The summed E-state index contributed by atoms with van der Waals surface area (Å²) in [5.74, 6) is -6.15. The van der Waals surface area contributed by atoms with E-state index in [9.17, 15) is 22.4 Å². The molecule has 4 heterocycles. The molecule has 132 valence electrons. The summed E-state index contributed by atoms with van der Waals surface area (Å²) in [5, 5.41) is 5.45. The lowest BCUT2D eigenvalue weighted by atomic mass is 10.00. The number of carbonyl (C=O) groups is 1. The molecule has 1 fully saturated rings. The van der Waals surface area contributed by atoms with Gasteiger partial charge in [0.1, 0.15) is 4.88 Å². The van der Waals surface area contributed by atoms with Crippen molar-refractivity contribution in [2.45, 2.75) is 36.8 Å². The van der Waals surface area contributed by atoms with E-state index in [1.807, 2.05) is 0 Å². The largest absolute Gasteiger partial charge is 0.362 e. The molecule has 0 aromatic carbocycles. The molecule has 1 aromatic heterocycles. The summed E-state index contributed by atoms with van der Waals surface area (Å²) in [6.45, 7) is -0.887. The summed E-state index contributed by atoms with van der Waals surface area (Å²) < 4.78 is 55.6. The molecule has 2 N–H and O–H groups in total. The zero-order valence-corrected chi connectivity index (χ0v) is 14.7. The van der Waals surface area contributed by atoms with Gasteiger partial charge in [-0.3, -0.25) is 4.79 Å². The topological polar surface area (TPSA) is 44.4 Å². The number of hydrogen-bond acceptors (Lipinski definition) is 4. The number of nitrogens with one attached hydrogen (secondary N) is 2. The average molecular weight is 428 g/mol. The minimum Gasteiger partial charge on any atom is -0.362 e. The Hall–Kier alpha value is -0.870. The van der Waals surface area contributed by atoms with E-state index >= 15 is 0 Å². The van der Waals surface area contributed by atoms with Crippen molar-refractivity contribution in [2.24, 2.45) is 0 Å². The number of amides is 1. The monoisotopic (exact) mass is 427 g/mol. The second-order valence-electron chi connectivity index (χ2n) is 6.57. The lowest BCUT2D eigenvalue weighted by Crippen LogP contribution is -2.54. The van der Waals surface area contributed by atoms with Gasteiger partial charge in [0.05, 0.1) is 28.6 Å². The first-order valence-electron chi connectivity index (χ1n) is 7.51. The van der Waals surface area contributed by atoms with E-state index in [1.54, 1.807) is 0 Å². The molecule has 3 aliphatic rings. The van der Waals surface area contributed by atoms with Crippen LogP contribution in [0.2, 0.25) is 0 Å². The van der Waals surface area contributed by atoms with E-state index < -0.39 is 55.8 Å². The maximum absolute atomic E-state index is 14.1. The van der Waals surface area contributed by atoms with Gasteiger partial charge in [-0.05, 0) is 15.9 Å². The van der Waals surface area contributed by atoms with E-state index in [0.717, 1.165) is 11.3 Å². The highest BCUT2D eigenvalue weighted by molar-refractivity contribution is 9.11. The predicted molar refractivity (Wildman–Crippen MR) is 85.5 cm³/mol. The third-order valence-corrected chi connectivity index (χ3v) is 6.64. The minimum absolute atomic E-state index is 0.0816. The van der Waals surface area contributed by atoms with Crippen molar-refractivity contribution >= 4 is 38.9 Å². The first-order chi connectivity index (χ1) is 11.2. The third-order valence-electron chi connectivity index (χ3n) is 4.67. The van der Waals surface area contributed by atoms with Crippen LogP contribution in [0.15, 0.2) is 3.79 Å². The Kier molecular flexibility index (Phi) is 3.67. The van der Waals surface area contributed by atoms with E-state index in [1.165, 1.54) is 4.90 Å². The number of nitrogens with zero attached hydrogens (tertiary/aromatic N) is 1. The van der Waals surface area contributed by atoms with E-state index in [-0.39, 0.29) is 6.54 Å². The summed E-state index contributed by atoms with van der Waals surface area (Å²) >= 11 is 4.38. The van der Waals surface area contributed by atoms with Gasteiger partial charge in [-0.25, -0.2) is 17.6 Å². The number of anilines is 1. The van der Waals surface area contributed by atoms with Gasteiger partial charge in [-0.2, -0.15) is 0 Å². The van der Waals surface area contributed by atoms with Gasteiger partial charge in [0, 0.05) is 31.0 Å². The van der Waals surface area contributed by atoms with Crippen LogP contribution >= 0.6 is 27.3 Å². The van der Waals surface area contributed by atoms with Crippen LogP contribution in [0.3, 0.4) is 0 Å². The Morgan fingerprint density at radius 2 is 1.96 bits per heavy atom. The second kappa shape index (κ2) is 5.31. The van der Waals surface area contributed by atoms with Gasteiger partial charge >= 0.3 is 0 Å². The molecule has 0 spiro atoms. The van der Waals surface area contributed by atoms with Crippen LogP contribution in [-0.4, -0.2) is 49.5 Å². The molecule has 4 nitrogen and oxygen atoms in total. The summed E-state index contributed by atoms with van der Waals surface area (Å²) in [6.07, 6.45) is -0.833. The molecule has 0 saturated carbocycles. The molecular formula is C14H14BrF4N3OS. The van der Waals surface area contributed by atoms with Crippen LogP contribution in [0.5, 0.6) is 0 Å². The van der Waals surface area contributed by atoms with Crippen molar-refractivity contribution in [3.8, 4) is 0 Å². The fourth-order valence-corrected chi connectivity index (χ4v) is 5.46. The van der Waals surface area contributed by atoms with Gasteiger partial charge in [-0.1, -0.05) is 0 Å². The van der Waals surface area contributed by atoms with Crippen LogP contribution < -0.4 is 15.5 Å². The molecule has 0 unspecified atom stereocenters. The van der Waals surface area contributed by atoms with Crippen molar-refractivity contribution in [1.82, 2.24) is 10.6 Å². The van der Waals surface area contributed by atoms with Crippen molar-refractivity contribution in [1.29, 1.82) is 0 Å². The molecule has 1 saturated heterocycles. The molecule has 0 aliphatic carbocycles. The smallest absolute Gasteiger partial charge is 0.269 e. The normalized spacial score (nSPS) is 30.7. The van der Waals surface area contributed by atoms with Gasteiger partial charge in [0.15, 0.2) is 0 Å². The third kappa shape index (κ3) is 2.72. The molecule has 10 heteroatoms. The number of thiophene rings is 1.